The van der Waals surface area contributed by atoms with Crippen molar-refractivity contribution in [3.8, 4) is 11.4 Å². The third-order valence-corrected chi connectivity index (χ3v) is 2.77. The molecule has 0 aromatic rings. The third-order valence-electron chi connectivity index (χ3n) is 2.77. The SMILES string of the molecule is O=c1cccc2n3c(cnc1-2)CCC3. The van der Waals surface area contributed by atoms with E-state index in [0.717, 1.165) is 25.1 Å². The molecule has 70 valence electrons. The molecule has 3 nitrogen and oxygen atoms in total. The Bertz CT molecular complexity index is 515. The van der Waals surface area contributed by atoms with E-state index in [1.807, 2.05) is 12.3 Å². The van der Waals surface area contributed by atoms with Crippen molar-refractivity contribution in [3.05, 3.63) is 40.3 Å². The highest BCUT2D eigenvalue weighted by Crippen LogP contribution is 2.22. The van der Waals surface area contributed by atoms with Crippen LogP contribution in [0.1, 0.15) is 12.1 Å². The van der Waals surface area contributed by atoms with E-state index in [1.165, 1.54) is 5.69 Å². The molecule has 0 fully saturated rings. The van der Waals surface area contributed by atoms with Crippen molar-refractivity contribution in [1.29, 1.82) is 0 Å². The Balaban J connectivity index is 2.42. The molecule has 3 rings (SSSR count). The molecule has 3 aliphatic rings. The number of hydrogen-bond acceptors (Lipinski definition) is 2. The van der Waals surface area contributed by atoms with Crippen molar-refractivity contribution in [2.24, 2.45) is 0 Å². The van der Waals surface area contributed by atoms with Crippen LogP contribution in [0, 0.1) is 0 Å². The van der Waals surface area contributed by atoms with Crippen molar-refractivity contribution < 1.29 is 0 Å². The number of rotatable bonds is 0. The summed E-state index contributed by atoms with van der Waals surface area (Å²) >= 11 is 0. The number of aryl methyl sites for hydroxylation is 1. The van der Waals surface area contributed by atoms with Gasteiger partial charge in [-0.1, -0.05) is 6.07 Å². The summed E-state index contributed by atoms with van der Waals surface area (Å²) in [4.78, 5) is 15.7. The van der Waals surface area contributed by atoms with Crippen LogP contribution in [-0.2, 0) is 13.0 Å². The largest absolute Gasteiger partial charge is 0.342 e. The maximum Gasteiger partial charge on any atom is 0.206 e. The van der Waals surface area contributed by atoms with Crippen molar-refractivity contribution >= 4 is 0 Å². The molecule has 0 amide bonds. The van der Waals surface area contributed by atoms with Crippen LogP contribution in [0.3, 0.4) is 0 Å². The van der Waals surface area contributed by atoms with Gasteiger partial charge in [0.15, 0.2) is 0 Å². The number of benzene rings is 1. The summed E-state index contributed by atoms with van der Waals surface area (Å²) in [5.74, 6) is 0. The molecule has 0 aromatic carbocycles. The first-order chi connectivity index (χ1) is 6.86. The van der Waals surface area contributed by atoms with E-state index in [-0.39, 0.29) is 5.43 Å². The average Bonchev–Trinajstić information content (AvgIpc) is 2.66. The van der Waals surface area contributed by atoms with Crippen molar-refractivity contribution in [1.82, 2.24) is 9.55 Å². The molecule has 0 saturated carbocycles. The van der Waals surface area contributed by atoms with Gasteiger partial charge in [-0.2, -0.15) is 0 Å². The number of aromatic nitrogens is 2. The standard InChI is InChI=1S/C11H10N2O/c14-10-5-1-4-9-11(10)12-7-8-3-2-6-13(8)9/h1,4-5,7H,2-3,6H2. The molecule has 2 heterocycles. The summed E-state index contributed by atoms with van der Waals surface area (Å²) in [6.45, 7) is 1.01. The molecule has 0 aromatic heterocycles. The minimum atomic E-state index is 0.0182. The van der Waals surface area contributed by atoms with Crippen LogP contribution in [0.4, 0.5) is 0 Å². The summed E-state index contributed by atoms with van der Waals surface area (Å²) in [5, 5.41) is 0. The van der Waals surface area contributed by atoms with Gasteiger partial charge in [0.05, 0.1) is 5.69 Å². The van der Waals surface area contributed by atoms with Crippen LogP contribution in [0.2, 0.25) is 0 Å². The Labute approximate surface area is 81.4 Å². The third kappa shape index (κ3) is 0.923. The van der Waals surface area contributed by atoms with Gasteiger partial charge in [0, 0.05) is 18.4 Å². The quantitative estimate of drug-likeness (QED) is 0.621. The van der Waals surface area contributed by atoms with Gasteiger partial charge in [-0.25, -0.2) is 4.98 Å². The fraction of sp³-hybridized carbons (Fsp3) is 0.273. The molecule has 0 N–H and O–H groups in total. The average molecular weight is 186 g/mol. The van der Waals surface area contributed by atoms with Crippen LogP contribution in [0.5, 0.6) is 0 Å². The summed E-state index contributed by atoms with van der Waals surface area (Å²) < 4.78 is 2.20. The highest BCUT2D eigenvalue weighted by atomic mass is 16.1. The normalized spacial score (nSPS) is 14.6. The second-order valence-electron chi connectivity index (χ2n) is 3.63. The first-order valence-electron chi connectivity index (χ1n) is 4.84. The number of hydrogen-bond donors (Lipinski definition) is 0. The molecule has 0 atom stereocenters. The summed E-state index contributed by atoms with van der Waals surface area (Å²) in [5.41, 5.74) is 2.83. The Morgan fingerprint density at radius 3 is 3.21 bits per heavy atom. The van der Waals surface area contributed by atoms with E-state index in [0.29, 0.717) is 5.69 Å². The zero-order valence-corrected chi connectivity index (χ0v) is 7.73. The molecule has 0 saturated heterocycles. The lowest BCUT2D eigenvalue weighted by atomic mass is 10.2. The minimum Gasteiger partial charge on any atom is -0.342 e. The lowest BCUT2D eigenvalue weighted by Crippen LogP contribution is -2.13. The lowest BCUT2D eigenvalue weighted by Gasteiger charge is -2.11. The minimum absolute atomic E-state index is 0.0182. The first-order valence-corrected chi connectivity index (χ1v) is 4.84. The molecular weight excluding hydrogens is 176 g/mol. The van der Waals surface area contributed by atoms with Crippen LogP contribution >= 0.6 is 0 Å². The van der Waals surface area contributed by atoms with E-state index < -0.39 is 0 Å². The number of para-hydroxylation sites is 1. The van der Waals surface area contributed by atoms with Crippen LogP contribution in [0.15, 0.2) is 29.2 Å². The molecular formula is C11H10N2O. The van der Waals surface area contributed by atoms with Gasteiger partial charge in [0.25, 0.3) is 0 Å². The zero-order valence-electron chi connectivity index (χ0n) is 7.73. The Morgan fingerprint density at radius 2 is 2.29 bits per heavy atom. The van der Waals surface area contributed by atoms with Gasteiger partial charge >= 0.3 is 0 Å². The molecule has 14 heavy (non-hydrogen) atoms. The molecule has 1 aliphatic carbocycles. The van der Waals surface area contributed by atoms with Crippen LogP contribution in [0.25, 0.3) is 11.4 Å². The molecule has 2 aliphatic heterocycles. The van der Waals surface area contributed by atoms with Crippen molar-refractivity contribution in [3.63, 3.8) is 0 Å². The topological polar surface area (TPSA) is 34.9 Å². The smallest absolute Gasteiger partial charge is 0.206 e. The molecule has 0 radical (unpaired) electrons. The van der Waals surface area contributed by atoms with Gasteiger partial charge in [-0.05, 0) is 25.0 Å². The summed E-state index contributed by atoms with van der Waals surface area (Å²) in [6.07, 6.45) is 4.06. The molecule has 0 bridgehead atoms. The summed E-state index contributed by atoms with van der Waals surface area (Å²) in [7, 11) is 0. The maximum atomic E-state index is 11.5. The van der Waals surface area contributed by atoms with E-state index in [4.69, 9.17) is 0 Å². The Hall–Kier alpha value is -1.64. The Kier molecular flexibility index (Phi) is 1.48. The molecule has 0 unspecified atom stereocenters. The maximum absolute atomic E-state index is 11.5. The van der Waals surface area contributed by atoms with E-state index in [2.05, 4.69) is 9.55 Å². The van der Waals surface area contributed by atoms with E-state index in [9.17, 15) is 4.79 Å². The predicted molar refractivity (Wildman–Crippen MR) is 53.4 cm³/mol. The van der Waals surface area contributed by atoms with Gasteiger partial charge in [-0.3, -0.25) is 4.79 Å². The Morgan fingerprint density at radius 1 is 1.36 bits per heavy atom. The zero-order chi connectivity index (χ0) is 9.54. The van der Waals surface area contributed by atoms with E-state index in [1.54, 1.807) is 12.1 Å². The van der Waals surface area contributed by atoms with Crippen molar-refractivity contribution in [2.75, 3.05) is 0 Å². The second-order valence-corrected chi connectivity index (χ2v) is 3.63. The first kappa shape index (κ1) is 7.74. The molecule has 3 heteroatoms. The lowest BCUT2D eigenvalue weighted by molar-refractivity contribution is 0.745. The van der Waals surface area contributed by atoms with Gasteiger partial charge in [0.2, 0.25) is 5.43 Å². The van der Waals surface area contributed by atoms with Gasteiger partial charge in [0.1, 0.15) is 5.69 Å². The highest BCUT2D eigenvalue weighted by Gasteiger charge is 2.17. The summed E-state index contributed by atoms with van der Waals surface area (Å²) in [6, 6.07) is 5.34. The van der Waals surface area contributed by atoms with Crippen LogP contribution < -0.4 is 5.43 Å². The fourth-order valence-corrected chi connectivity index (χ4v) is 2.10. The van der Waals surface area contributed by atoms with Gasteiger partial charge in [-0.15, -0.1) is 0 Å². The highest BCUT2D eigenvalue weighted by molar-refractivity contribution is 5.56. The van der Waals surface area contributed by atoms with Crippen LogP contribution in [-0.4, -0.2) is 9.55 Å². The van der Waals surface area contributed by atoms with Crippen molar-refractivity contribution in [2.45, 2.75) is 19.4 Å². The number of fused-ring (bicyclic) bond motifs is 3. The second kappa shape index (κ2) is 2.67. The van der Waals surface area contributed by atoms with Gasteiger partial charge < -0.3 is 4.57 Å². The molecule has 0 spiro atoms. The monoisotopic (exact) mass is 186 g/mol. The van der Waals surface area contributed by atoms with E-state index >= 15 is 0 Å². The fourth-order valence-electron chi connectivity index (χ4n) is 2.10. The predicted octanol–water partition coefficient (Wildman–Crippen LogP) is 1.29. The number of nitrogens with zero attached hydrogens (tertiary/aromatic N) is 2.